The van der Waals surface area contributed by atoms with Crippen LogP contribution in [0, 0.1) is 0 Å². The number of rotatable bonds is 1. The van der Waals surface area contributed by atoms with E-state index in [9.17, 15) is 0 Å². The van der Waals surface area contributed by atoms with Crippen molar-refractivity contribution in [1.82, 2.24) is 0 Å². The molecule has 0 aromatic carbocycles. The standard InChI is InChI=1S/C6H13N3/c1-4(7)6(8)5(2)9-3/h7-8H2,1-3H3/b6-4+,9-5-. The largest absolute Gasteiger partial charge is 0.401 e. The van der Waals surface area contributed by atoms with E-state index in [0.29, 0.717) is 11.4 Å². The lowest BCUT2D eigenvalue weighted by molar-refractivity contribution is 1.21. The summed E-state index contributed by atoms with van der Waals surface area (Å²) < 4.78 is 0. The monoisotopic (exact) mass is 127 g/mol. The average molecular weight is 127 g/mol. The lowest BCUT2D eigenvalue weighted by atomic mass is 10.2. The third-order valence-electron chi connectivity index (χ3n) is 1.15. The highest BCUT2D eigenvalue weighted by Crippen LogP contribution is 1.91. The van der Waals surface area contributed by atoms with E-state index in [1.807, 2.05) is 6.92 Å². The van der Waals surface area contributed by atoms with Crippen molar-refractivity contribution in [2.45, 2.75) is 13.8 Å². The van der Waals surface area contributed by atoms with Crippen LogP contribution >= 0.6 is 0 Å². The molecule has 0 unspecified atom stereocenters. The Morgan fingerprint density at radius 2 is 1.67 bits per heavy atom. The zero-order valence-electron chi connectivity index (χ0n) is 6.10. The van der Waals surface area contributed by atoms with Crippen molar-refractivity contribution < 1.29 is 0 Å². The van der Waals surface area contributed by atoms with Gasteiger partial charge < -0.3 is 11.5 Å². The van der Waals surface area contributed by atoms with Gasteiger partial charge in [-0.1, -0.05) is 0 Å². The molecule has 0 bridgehead atoms. The zero-order chi connectivity index (χ0) is 7.44. The first-order chi connectivity index (χ1) is 4.09. The first-order valence-corrected chi connectivity index (χ1v) is 2.75. The Labute approximate surface area is 55.4 Å². The molecule has 0 aliphatic carbocycles. The Hall–Kier alpha value is -0.990. The molecule has 0 aromatic heterocycles. The zero-order valence-corrected chi connectivity index (χ0v) is 6.10. The Morgan fingerprint density at radius 1 is 1.22 bits per heavy atom. The van der Waals surface area contributed by atoms with Crippen LogP contribution in [0.15, 0.2) is 16.4 Å². The third kappa shape index (κ3) is 2.17. The molecule has 0 aliphatic rings. The molecule has 3 heteroatoms. The van der Waals surface area contributed by atoms with Crippen molar-refractivity contribution in [2.24, 2.45) is 16.5 Å². The van der Waals surface area contributed by atoms with Gasteiger partial charge in [0, 0.05) is 12.7 Å². The van der Waals surface area contributed by atoms with Crippen LogP contribution < -0.4 is 11.5 Å². The average Bonchev–Trinajstić information content (AvgIpc) is 1.84. The summed E-state index contributed by atoms with van der Waals surface area (Å²) in [7, 11) is 1.69. The van der Waals surface area contributed by atoms with Gasteiger partial charge >= 0.3 is 0 Å². The molecule has 0 heterocycles. The summed E-state index contributed by atoms with van der Waals surface area (Å²) in [5.74, 6) is 0. The van der Waals surface area contributed by atoms with Crippen molar-refractivity contribution in [3.05, 3.63) is 11.4 Å². The summed E-state index contributed by atoms with van der Waals surface area (Å²) in [6.07, 6.45) is 0. The van der Waals surface area contributed by atoms with Gasteiger partial charge in [0.15, 0.2) is 0 Å². The fraction of sp³-hybridized carbons (Fsp3) is 0.500. The molecule has 4 N–H and O–H groups in total. The quantitative estimate of drug-likeness (QED) is 0.495. The number of aliphatic imine (C=N–C) groups is 1. The molecule has 0 amide bonds. The molecular weight excluding hydrogens is 114 g/mol. The normalized spacial score (nSPS) is 15.2. The van der Waals surface area contributed by atoms with Gasteiger partial charge in [0.2, 0.25) is 0 Å². The molecule has 0 fully saturated rings. The molecule has 9 heavy (non-hydrogen) atoms. The van der Waals surface area contributed by atoms with Gasteiger partial charge in [0.1, 0.15) is 0 Å². The first-order valence-electron chi connectivity index (χ1n) is 2.75. The second-order valence-electron chi connectivity index (χ2n) is 1.91. The Morgan fingerprint density at radius 3 is 1.78 bits per heavy atom. The summed E-state index contributed by atoms with van der Waals surface area (Å²) in [5.41, 5.74) is 12.9. The van der Waals surface area contributed by atoms with Crippen molar-refractivity contribution >= 4 is 5.71 Å². The highest BCUT2D eigenvalue weighted by Gasteiger charge is 1.94. The summed E-state index contributed by atoms with van der Waals surface area (Å²) in [5, 5.41) is 0. The molecule has 3 nitrogen and oxygen atoms in total. The minimum atomic E-state index is 0.581. The Balaban J connectivity index is 4.40. The van der Waals surface area contributed by atoms with E-state index in [1.165, 1.54) is 0 Å². The number of hydrogen-bond acceptors (Lipinski definition) is 3. The van der Waals surface area contributed by atoms with Crippen LogP contribution in [-0.4, -0.2) is 12.8 Å². The second-order valence-corrected chi connectivity index (χ2v) is 1.91. The smallest absolute Gasteiger partial charge is 0.0712 e. The molecule has 0 spiro atoms. The van der Waals surface area contributed by atoms with Gasteiger partial charge in [-0.2, -0.15) is 0 Å². The van der Waals surface area contributed by atoms with Crippen molar-refractivity contribution in [1.29, 1.82) is 0 Å². The van der Waals surface area contributed by atoms with Crippen molar-refractivity contribution in [2.75, 3.05) is 7.05 Å². The van der Waals surface area contributed by atoms with Crippen LogP contribution in [0.5, 0.6) is 0 Å². The number of nitrogens with two attached hydrogens (primary N) is 2. The Bertz CT molecular complexity index is 152. The lowest BCUT2D eigenvalue weighted by Crippen LogP contribution is -2.14. The lowest BCUT2D eigenvalue weighted by Gasteiger charge is -2.00. The predicted octanol–water partition coefficient (Wildman–Crippen LogP) is 0.226. The second kappa shape index (κ2) is 3.12. The van der Waals surface area contributed by atoms with Crippen LogP contribution in [0.25, 0.3) is 0 Å². The SMILES string of the molecule is C/N=C(C)\C(N)=C(\C)N. The summed E-state index contributed by atoms with van der Waals surface area (Å²) in [6.45, 7) is 3.58. The van der Waals surface area contributed by atoms with Crippen LogP contribution in [0.2, 0.25) is 0 Å². The van der Waals surface area contributed by atoms with Gasteiger partial charge in [-0.15, -0.1) is 0 Å². The maximum absolute atomic E-state index is 5.49. The van der Waals surface area contributed by atoms with E-state index in [0.717, 1.165) is 5.71 Å². The van der Waals surface area contributed by atoms with E-state index >= 15 is 0 Å². The van der Waals surface area contributed by atoms with Gasteiger partial charge in [0.05, 0.1) is 11.4 Å². The number of hydrogen-bond donors (Lipinski definition) is 2. The van der Waals surface area contributed by atoms with E-state index < -0.39 is 0 Å². The van der Waals surface area contributed by atoms with Gasteiger partial charge in [-0.3, -0.25) is 4.99 Å². The highest BCUT2D eigenvalue weighted by molar-refractivity contribution is 5.97. The van der Waals surface area contributed by atoms with E-state index in [1.54, 1.807) is 14.0 Å². The van der Waals surface area contributed by atoms with Crippen LogP contribution in [0.1, 0.15) is 13.8 Å². The minimum absolute atomic E-state index is 0.581. The van der Waals surface area contributed by atoms with Crippen molar-refractivity contribution in [3.8, 4) is 0 Å². The number of allylic oxidation sites excluding steroid dienone is 2. The van der Waals surface area contributed by atoms with Crippen LogP contribution in [0.3, 0.4) is 0 Å². The maximum Gasteiger partial charge on any atom is 0.0712 e. The molecule has 52 valence electrons. The third-order valence-corrected chi connectivity index (χ3v) is 1.15. The van der Waals surface area contributed by atoms with Crippen LogP contribution in [0.4, 0.5) is 0 Å². The fourth-order valence-corrected chi connectivity index (χ4v) is 0.406. The summed E-state index contributed by atoms with van der Waals surface area (Å²) in [4.78, 5) is 3.86. The highest BCUT2D eigenvalue weighted by atomic mass is 14.8. The summed E-state index contributed by atoms with van der Waals surface area (Å²) in [6, 6.07) is 0. The maximum atomic E-state index is 5.49. The van der Waals surface area contributed by atoms with Gasteiger partial charge in [0.25, 0.3) is 0 Å². The van der Waals surface area contributed by atoms with Crippen molar-refractivity contribution in [3.63, 3.8) is 0 Å². The first kappa shape index (κ1) is 8.01. The Kier molecular flexibility index (Phi) is 2.78. The van der Waals surface area contributed by atoms with E-state index in [4.69, 9.17) is 11.5 Å². The topological polar surface area (TPSA) is 64.4 Å². The van der Waals surface area contributed by atoms with Gasteiger partial charge in [-0.05, 0) is 13.8 Å². The molecule has 0 aliphatic heterocycles. The number of nitrogens with zero attached hydrogens (tertiary/aromatic N) is 1. The predicted molar refractivity (Wildman–Crippen MR) is 40.1 cm³/mol. The molecular formula is C6H13N3. The molecule has 0 radical (unpaired) electrons. The summed E-state index contributed by atoms with van der Waals surface area (Å²) >= 11 is 0. The molecule has 0 aromatic rings. The molecule has 0 saturated heterocycles. The fourth-order valence-electron chi connectivity index (χ4n) is 0.406. The van der Waals surface area contributed by atoms with Gasteiger partial charge in [-0.25, -0.2) is 0 Å². The van der Waals surface area contributed by atoms with E-state index in [2.05, 4.69) is 4.99 Å². The van der Waals surface area contributed by atoms with E-state index in [-0.39, 0.29) is 0 Å². The van der Waals surface area contributed by atoms with Crippen LogP contribution in [-0.2, 0) is 0 Å². The minimum Gasteiger partial charge on any atom is -0.401 e. The molecule has 0 saturated carbocycles. The molecule has 0 rings (SSSR count). The molecule has 0 atom stereocenters.